The molecule has 0 saturated carbocycles. The van der Waals surface area contributed by atoms with E-state index in [1.165, 1.54) is 6.42 Å². The fraction of sp³-hybridized carbons (Fsp3) is 0.462. The summed E-state index contributed by atoms with van der Waals surface area (Å²) in [5.41, 5.74) is 0.894. The fourth-order valence-corrected chi connectivity index (χ4v) is 5.13. The van der Waals surface area contributed by atoms with Crippen molar-refractivity contribution in [3.8, 4) is 5.75 Å². The SMILES string of the molecule is O=C(C[C@H]1CN(C(=O)Cc2cccc(Cl)c2)CC[C@@H]1Oc1cccc(Cl)c1)N1CCCCC1. The molecule has 2 amide bonds. The number of rotatable bonds is 6. The first-order valence-electron chi connectivity index (χ1n) is 11.7. The van der Waals surface area contributed by atoms with Crippen molar-refractivity contribution < 1.29 is 14.3 Å². The van der Waals surface area contributed by atoms with Crippen molar-refractivity contribution in [2.75, 3.05) is 26.2 Å². The molecule has 7 heteroatoms. The Kier molecular flexibility index (Phi) is 8.15. The molecule has 0 bridgehead atoms. The topological polar surface area (TPSA) is 49.9 Å². The number of carbonyl (C=O) groups excluding carboxylic acids is 2. The minimum Gasteiger partial charge on any atom is -0.490 e. The molecule has 2 aliphatic rings. The van der Waals surface area contributed by atoms with Crippen molar-refractivity contribution in [2.45, 2.75) is 44.6 Å². The molecule has 0 aliphatic carbocycles. The summed E-state index contributed by atoms with van der Waals surface area (Å²) in [6.07, 6.45) is 4.50. The summed E-state index contributed by atoms with van der Waals surface area (Å²) in [7, 11) is 0. The smallest absolute Gasteiger partial charge is 0.227 e. The number of hydrogen-bond donors (Lipinski definition) is 0. The third-order valence-corrected chi connectivity index (χ3v) is 6.96. The Balaban J connectivity index is 1.45. The summed E-state index contributed by atoms with van der Waals surface area (Å²) in [4.78, 5) is 29.9. The molecular formula is C26H30Cl2N2O3. The van der Waals surface area contributed by atoms with Gasteiger partial charge < -0.3 is 14.5 Å². The number of halogens is 2. The van der Waals surface area contributed by atoms with E-state index in [0.29, 0.717) is 48.1 Å². The van der Waals surface area contributed by atoms with Gasteiger partial charge in [0, 0.05) is 55.0 Å². The highest BCUT2D eigenvalue weighted by Gasteiger charge is 2.35. The average molecular weight is 489 g/mol. The van der Waals surface area contributed by atoms with Crippen LogP contribution in [-0.2, 0) is 16.0 Å². The minimum absolute atomic E-state index is 0.0499. The van der Waals surface area contributed by atoms with Crippen LogP contribution >= 0.6 is 23.2 Å². The van der Waals surface area contributed by atoms with Gasteiger partial charge in [-0.3, -0.25) is 9.59 Å². The van der Waals surface area contributed by atoms with E-state index < -0.39 is 0 Å². The predicted octanol–water partition coefficient (Wildman–Crippen LogP) is 5.23. The number of hydrogen-bond acceptors (Lipinski definition) is 3. The van der Waals surface area contributed by atoms with Crippen molar-refractivity contribution in [2.24, 2.45) is 5.92 Å². The molecular weight excluding hydrogens is 459 g/mol. The third kappa shape index (κ3) is 6.64. The van der Waals surface area contributed by atoms with E-state index in [1.807, 2.05) is 46.2 Å². The van der Waals surface area contributed by atoms with Crippen molar-refractivity contribution in [1.29, 1.82) is 0 Å². The van der Waals surface area contributed by atoms with Gasteiger partial charge in [0.25, 0.3) is 0 Å². The third-order valence-electron chi connectivity index (χ3n) is 6.49. The number of amides is 2. The van der Waals surface area contributed by atoms with Gasteiger partial charge in [-0.1, -0.05) is 41.4 Å². The number of ether oxygens (including phenoxy) is 1. The number of carbonyl (C=O) groups is 2. The van der Waals surface area contributed by atoms with Gasteiger partial charge in [-0.15, -0.1) is 0 Å². The molecule has 2 fully saturated rings. The fourth-order valence-electron chi connectivity index (χ4n) is 4.73. The maximum absolute atomic E-state index is 13.1. The number of piperidine rings is 2. The molecule has 0 radical (unpaired) electrons. The van der Waals surface area contributed by atoms with Gasteiger partial charge in [-0.2, -0.15) is 0 Å². The molecule has 0 spiro atoms. The summed E-state index contributed by atoms with van der Waals surface area (Å²) < 4.78 is 6.29. The lowest BCUT2D eigenvalue weighted by molar-refractivity contribution is -0.139. The van der Waals surface area contributed by atoms with Gasteiger partial charge in [-0.05, 0) is 55.2 Å². The van der Waals surface area contributed by atoms with E-state index in [1.54, 1.807) is 12.1 Å². The van der Waals surface area contributed by atoms with Crippen LogP contribution in [0.25, 0.3) is 0 Å². The van der Waals surface area contributed by atoms with Gasteiger partial charge in [0.2, 0.25) is 11.8 Å². The van der Waals surface area contributed by atoms with Crippen LogP contribution in [0.4, 0.5) is 0 Å². The van der Waals surface area contributed by atoms with Crippen LogP contribution in [0, 0.1) is 5.92 Å². The van der Waals surface area contributed by atoms with Crippen molar-refractivity contribution in [3.63, 3.8) is 0 Å². The Hall–Kier alpha value is -2.24. The molecule has 2 atom stereocenters. The van der Waals surface area contributed by atoms with Crippen molar-refractivity contribution in [1.82, 2.24) is 9.80 Å². The standard InChI is InChI=1S/C26H30Cl2N2O3/c27-21-7-4-6-19(14-21)15-25(31)30-13-10-24(33-23-9-5-8-22(28)17-23)20(18-30)16-26(32)29-11-2-1-3-12-29/h4-9,14,17,20,24H,1-3,10-13,15-16,18H2/t20-,24-/m0/s1. The van der Waals surface area contributed by atoms with E-state index >= 15 is 0 Å². The van der Waals surface area contributed by atoms with E-state index in [0.717, 1.165) is 31.5 Å². The first-order chi connectivity index (χ1) is 16.0. The zero-order chi connectivity index (χ0) is 23.2. The maximum Gasteiger partial charge on any atom is 0.227 e. The molecule has 176 valence electrons. The van der Waals surface area contributed by atoms with Crippen molar-refractivity contribution in [3.05, 3.63) is 64.1 Å². The Labute approximate surface area is 205 Å². The van der Waals surface area contributed by atoms with Crippen LogP contribution < -0.4 is 4.74 Å². The van der Waals surface area contributed by atoms with E-state index in [9.17, 15) is 9.59 Å². The number of benzene rings is 2. The largest absolute Gasteiger partial charge is 0.490 e. The normalized spacial score (nSPS) is 21.0. The minimum atomic E-state index is -0.146. The van der Waals surface area contributed by atoms with Gasteiger partial charge in [0.05, 0.1) is 6.42 Å². The van der Waals surface area contributed by atoms with Crippen LogP contribution in [0.2, 0.25) is 10.0 Å². The molecule has 33 heavy (non-hydrogen) atoms. The molecule has 0 aromatic heterocycles. The predicted molar refractivity (Wildman–Crippen MR) is 131 cm³/mol. The van der Waals surface area contributed by atoms with Crippen LogP contribution in [0.5, 0.6) is 5.75 Å². The molecule has 5 nitrogen and oxygen atoms in total. The Morgan fingerprint density at radius 3 is 2.33 bits per heavy atom. The zero-order valence-corrected chi connectivity index (χ0v) is 20.2. The summed E-state index contributed by atoms with van der Waals surface area (Å²) >= 11 is 12.2. The Morgan fingerprint density at radius 2 is 1.61 bits per heavy atom. The van der Waals surface area contributed by atoms with Gasteiger partial charge in [-0.25, -0.2) is 0 Å². The monoisotopic (exact) mass is 488 g/mol. The zero-order valence-electron chi connectivity index (χ0n) is 18.7. The van der Waals surface area contributed by atoms with E-state index in [-0.39, 0.29) is 23.8 Å². The quantitative estimate of drug-likeness (QED) is 0.558. The Bertz CT molecular complexity index is 978. The van der Waals surface area contributed by atoms with Gasteiger partial charge >= 0.3 is 0 Å². The highest BCUT2D eigenvalue weighted by Crippen LogP contribution is 2.28. The average Bonchev–Trinajstić information content (AvgIpc) is 2.81. The van der Waals surface area contributed by atoms with Crippen LogP contribution in [0.15, 0.2) is 48.5 Å². The maximum atomic E-state index is 13.1. The molecule has 0 N–H and O–H groups in total. The summed E-state index contributed by atoms with van der Waals surface area (Å²) in [6, 6.07) is 14.7. The molecule has 2 aromatic rings. The second kappa shape index (κ2) is 11.3. The molecule has 2 heterocycles. The number of likely N-dealkylation sites (tertiary alicyclic amines) is 2. The van der Waals surface area contributed by atoms with Crippen LogP contribution in [0.3, 0.4) is 0 Å². The first kappa shape index (κ1) is 23.9. The van der Waals surface area contributed by atoms with Crippen LogP contribution in [-0.4, -0.2) is 53.9 Å². The molecule has 2 saturated heterocycles. The molecule has 2 aromatic carbocycles. The highest BCUT2D eigenvalue weighted by molar-refractivity contribution is 6.31. The lowest BCUT2D eigenvalue weighted by atomic mass is 9.90. The lowest BCUT2D eigenvalue weighted by Crippen LogP contribution is -2.50. The summed E-state index contributed by atoms with van der Waals surface area (Å²) in [6.45, 7) is 2.74. The molecule has 4 rings (SSSR count). The summed E-state index contributed by atoms with van der Waals surface area (Å²) in [5.74, 6) is 0.828. The number of nitrogens with zero attached hydrogens (tertiary/aromatic N) is 2. The first-order valence-corrected chi connectivity index (χ1v) is 12.5. The molecule has 2 aliphatic heterocycles. The van der Waals surface area contributed by atoms with E-state index in [2.05, 4.69) is 0 Å². The Morgan fingerprint density at radius 1 is 0.879 bits per heavy atom. The second-order valence-electron chi connectivity index (χ2n) is 8.95. The molecule has 0 unspecified atom stereocenters. The summed E-state index contributed by atoms with van der Waals surface area (Å²) in [5, 5.41) is 1.24. The lowest BCUT2D eigenvalue weighted by Gasteiger charge is -2.39. The van der Waals surface area contributed by atoms with Crippen molar-refractivity contribution >= 4 is 35.0 Å². The van der Waals surface area contributed by atoms with E-state index in [4.69, 9.17) is 27.9 Å². The van der Waals surface area contributed by atoms with Gasteiger partial charge in [0.15, 0.2) is 0 Å². The van der Waals surface area contributed by atoms with Crippen LogP contribution in [0.1, 0.15) is 37.7 Å². The highest BCUT2D eigenvalue weighted by atomic mass is 35.5. The second-order valence-corrected chi connectivity index (χ2v) is 9.83. The van der Waals surface area contributed by atoms with Gasteiger partial charge in [0.1, 0.15) is 11.9 Å².